The van der Waals surface area contributed by atoms with Crippen LogP contribution in [0.2, 0.25) is 0 Å². The maximum atomic E-state index is 13.7. The molecule has 1 amide bonds. The van der Waals surface area contributed by atoms with Crippen LogP contribution in [0.3, 0.4) is 0 Å². The van der Waals surface area contributed by atoms with E-state index in [1.165, 1.54) is 17.0 Å². The van der Waals surface area contributed by atoms with E-state index in [-0.39, 0.29) is 35.6 Å². The molecule has 1 aromatic carbocycles. The average molecular weight is 537 g/mol. The number of aryl methyl sites for hydroxylation is 1. The number of carbonyl (C=O) groups is 1. The van der Waals surface area contributed by atoms with Crippen molar-refractivity contribution in [2.75, 3.05) is 24.3 Å². The van der Waals surface area contributed by atoms with E-state index in [0.29, 0.717) is 24.6 Å². The highest BCUT2D eigenvalue weighted by molar-refractivity contribution is 7.89. The third-order valence-corrected chi connectivity index (χ3v) is 8.74. The predicted molar refractivity (Wildman–Crippen MR) is 131 cm³/mol. The molecule has 2 aromatic rings. The number of benzene rings is 1. The number of sulfonamides is 1. The molecule has 2 aliphatic heterocycles. The van der Waals surface area contributed by atoms with Crippen molar-refractivity contribution < 1.29 is 25.8 Å². The number of hydrogen-bond acceptors (Lipinski definition) is 9. The van der Waals surface area contributed by atoms with Gasteiger partial charge in [-0.15, -0.1) is 0 Å². The van der Waals surface area contributed by atoms with Crippen LogP contribution in [0.1, 0.15) is 42.1 Å². The lowest BCUT2D eigenvalue weighted by molar-refractivity contribution is 0.0832. The Balaban J connectivity index is 1.51. The molecule has 1 N–H and O–H groups in total. The van der Waals surface area contributed by atoms with E-state index in [4.69, 9.17) is 4.18 Å². The van der Waals surface area contributed by atoms with Crippen molar-refractivity contribution in [1.29, 1.82) is 0 Å². The normalized spacial score (nSPS) is 20.8. The summed E-state index contributed by atoms with van der Waals surface area (Å²) in [5.74, 6) is 0.0616. The third kappa shape index (κ3) is 4.90. The Kier molecular flexibility index (Phi) is 5.97. The van der Waals surface area contributed by atoms with Crippen LogP contribution in [0.15, 0.2) is 40.5 Å². The molecule has 194 valence electrons. The van der Waals surface area contributed by atoms with Crippen molar-refractivity contribution in [1.82, 2.24) is 19.4 Å². The van der Waals surface area contributed by atoms with Gasteiger partial charge in [0.2, 0.25) is 16.0 Å². The lowest BCUT2D eigenvalue weighted by Crippen LogP contribution is -2.52. The maximum absolute atomic E-state index is 13.7. The van der Waals surface area contributed by atoms with E-state index in [1.807, 2.05) is 11.8 Å². The first kappa shape index (κ1) is 24.9. The number of guanidine groups is 1. The van der Waals surface area contributed by atoms with Crippen molar-refractivity contribution in [2.45, 2.75) is 49.2 Å². The number of nitrogens with one attached hydrogen (secondary N) is 1. The second-order valence-electron chi connectivity index (χ2n) is 9.74. The molecule has 3 aliphatic rings. The monoisotopic (exact) mass is 536 g/mol. The van der Waals surface area contributed by atoms with Crippen LogP contribution in [0, 0.1) is 0 Å². The summed E-state index contributed by atoms with van der Waals surface area (Å²) >= 11 is 0. The topological polar surface area (TPSA) is 143 Å². The van der Waals surface area contributed by atoms with Crippen LogP contribution in [-0.4, -0.2) is 74.4 Å². The Bertz CT molecular complexity index is 1460. The number of amides is 1. The minimum atomic E-state index is -3.82. The summed E-state index contributed by atoms with van der Waals surface area (Å²) in [6.07, 6.45) is 6.31. The summed E-state index contributed by atoms with van der Waals surface area (Å²) in [5.41, 5.74) is 1.09. The van der Waals surface area contributed by atoms with E-state index < -0.39 is 25.7 Å². The van der Waals surface area contributed by atoms with Crippen molar-refractivity contribution in [3.8, 4) is 0 Å². The molecule has 1 unspecified atom stereocenters. The van der Waals surface area contributed by atoms with Gasteiger partial charge in [-0.3, -0.25) is 23.6 Å². The minimum Gasteiger partial charge on any atom is -0.306 e. The molecule has 1 aromatic heterocycles. The molecule has 0 spiro atoms. The lowest BCUT2D eigenvalue weighted by Gasteiger charge is -2.38. The van der Waals surface area contributed by atoms with E-state index in [1.54, 1.807) is 30.2 Å². The fraction of sp³-hybridized carbons (Fsp3) is 0.500. The summed E-state index contributed by atoms with van der Waals surface area (Å²) in [6, 6.07) is 4.23. The van der Waals surface area contributed by atoms with Gasteiger partial charge in [0, 0.05) is 24.3 Å². The Hall–Kier alpha value is -2.81. The van der Waals surface area contributed by atoms with E-state index in [9.17, 15) is 21.6 Å². The molecule has 1 fully saturated rings. The SMILES string of the molecule is Cn1cc(CN2C(=O)c3cc(S(=O)(=O)NC4(C)CC4)ccc3N3C2=NCC3CCOS(C)(=O)=O)cn1. The van der Waals surface area contributed by atoms with Gasteiger partial charge in [0.1, 0.15) is 0 Å². The summed E-state index contributed by atoms with van der Waals surface area (Å²) in [7, 11) is -5.64. The van der Waals surface area contributed by atoms with Gasteiger partial charge in [-0.25, -0.2) is 13.1 Å². The van der Waals surface area contributed by atoms with Crippen molar-refractivity contribution >= 4 is 37.7 Å². The molecule has 0 saturated heterocycles. The van der Waals surface area contributed by atoms with Crippen molar-refractivity contribution in [3.63, 3.8) is 0 Å². The Morgan fingerprint density at radius 2 is 1.97 bits per heavy atom. The quantitative estimate of drug-likeness (QED) is 0.464. The highest BCUT2D eigenvalue weighted by atomic mass is 32.2. The zero-order valence-corrected chi connectivity index (χ0v) is 21.8. The molecule has 12 nitrogen and oxygen atoms in total. The lowest BCUT2D eigenvalue weighted by atomic mass is 10.0. The van der Waals surface area contributed by atoms with Crippen LogP contribution in [-0.2, 0) is 37.9 Å². The first-order chi connectivity index (χ1) is 16.9. The van der Waals surface area contributed by atoms with Gasteiger partial charge in [0.25, 0.3) is 16.0 Å². The number of aliphatic imine (C=N–C) groups is 1. The smallest absolute Gasteiger partial charge is 0.264 e. The van der Waals surface area contributed by atoms with Gasteiger partial charge in [0.05, 0.1) is 54.3 Å². The molecule has 0 bridgehead atoms. The van der Waals surface area contributed by atoms with Crippen molar-refractivity contribution in [2.24, 2.45) is 12.0 Å². The second kappa shape index (κ2) is 8.64. The van der Waals surface area contributed by atoms with Gasteiger partial charge in [0.15, 0.2) is 0 Å². The standard InChI is InChI=1S/C22H28N6O6S2/c1-22(7-8-22)25-36(32,33)17-4-5-19-18(10-17)20(29)27(14-15-11-24-26(2)13-15)21-23-12-16(28(19)21)6-9-34-35(3,30)31/h4-5,10-11,13,16,25H,6-9,12,14H2,1-3H3. The largest absolute Gasteiger partial charge is 0.306 e. The molecule has 3 heterocycles. The molecule has 0 radical (unpaired) electrons. The summed E-state index contributed by atoms with van der Waals surface area (Å²) in [6.45, 7) is 2.34. The highest BCUT2D eigenvalue weighted by Crippen LogP contribution is 2.38. The molecule has 1 saturated carbocycles. The van der Waals surface area contributed by atoms with Crippen LogP contribution < -0.4 is 9.62 Å². The highest BCUT2D eigenvalue weighted by Gasteiger charge is 2.44. The van der Waals surface area contributed by atoms with Gasteiger partial charge in [-0.1, -0.05) is 0 Å². The number of aromatic nitrogens is 2. The fourth-order valence-electron chi connectivity index (χ4n) is 4.44. The third-order valence-electron chi connectivity index (χ3n) is 6.51. The Morgan fingerprint density at radius 3 is 2.61 bits per heavy atom. The number of hydrogen-bond donors (Lipinski definition) is 1. The van der Waals surface area contributed by atoms with Gasteiger partial charge < -0.3 is 4.90 Å². The van der Waals surface area contributed by atoms with Crippen LogP contribution in [0.5, 0.6) is 0 Å². The van der Waals surface area contributed by atoms with Crippen molar-refractivity contribution in [3.05, 3.63) is 41.7 Å². The van der Waals surface area contributed by atoms with E-state index in [0.717, 1.165) is 24.7 Å². The molecule has 14 heteroatoms. The summed E-state index contributed by atoms with van der Waals surface area (Å²) in [4.78, 5) is 21.7. The number of rotatable bonds is 9. The van der Waals surface area contributed by atoms with Gasteiger partial charge in [-0.05, 0) is 44.4 Å². The van der Waals surface area contributed by atoms with Crippen LogP contribution in [0.25, 0.3) is 0 Å². The number of nitrogens with zero attached hydrogens (tertiary/aromatic N) is 5. The molecule has 1 atom stereocenters. The number of anilines is 1. The number of fused-ring (bicyclic) bond motifs is 3. The molecule has 5 rings (SSSR count). The molecule has 36 heavy (non-hydrogen) atoms. The number of carbonyl (C=O) groups excluding carboxylic acids is 1. The summed E-state index contributed by atoms with van der Waals surface area (Å²) < 4.78 is 58.2. The van der Waals surface area contributed by atoms with Gasteiger partial charge >= 0.3 is 0 Å². The first-order valence-electron chi connectivity index (χ1n) is 11.5. The van der Waals surface area contributed by atoms with Crippen LogP contribution >= 0.6 is 0 Å². The Morgan fingerprint density at radius 1 is 1.22 bits per heavy atom. The molecular weight excluding hydrogens is 508 g/mol. The maximum Gasteiger partial charge on any atom is 0.264 e. The van der Waals surface area contributed by atoms with Crippen LogP contribution in [0.4, 0.5) is 5.69 Å². The zero-order valence-electron chi connectivity index (χ0n) is 20.2. The van der Waals surface area contributed by atoms with Gasteiger partial charge in [-0.2, -0.15) is 13.5 Å². The molecular formula is C22H28N6O6S2. The minimum absolute atomic E-state index is 0.0144. The zero-order chi connectivity index (χ0) is 25.9. The second-order valence-corrected chi connectivity index (χ2v) is 13.1. The average Bonchev–Trinajstić information content (AvgIpc) is 3.16. The fourth-order valence-corrected chi connectivity index (χ4v) is 6.33. The van der Waals surface area contributed by atoms with E-state index in [2.05, 4.69) is 14.8 Å². The van der Waals surface area contributed by atoms with E-state index >= 15 is 0 Å². The predicted octanol–water partition coefficient (Wildman–Crippen LogP) is 0.818. The first-order valence-corrected chi connectivity index (χ1v) is 14.8. The Labute approximate surface area is 210 Å². The summed E-state index contributed by atoms with van der Waals surface area (Å²) in [5, 5.41) is 4.17. The molecule has 1 aliphatic carbocycles.